The number of hydrogen-bond donors (Lipinski definition) is 2. The molecule has 0 aliphatic carbocycles. The van der Waals surface area contributed by atoms with Crippen LogP contribution in [0.3, 0.4) is 0 Å². The molecule has 0 aromatic heterocycles. The fourth-order valence-electron chi connectivity index (χ4n) is 2.76. The number of benzene rings is 1. The average molecular weight is 279 g/mol. The normalized spacial score (nSPS) is 24.1. The van der Waals surface area contributed by atoms with Crippen molar-refractivity contribution in [1.82, 2.24) is 4.90 Å². The number of carbonyl (C=O) groups excluding carboxylic acids is 1. The van der Waals surface area contributed by atoms with Gasteiger partial charge < -0.3 is 16.0 Å². The van der Waals surface area contributed by atoms with Gasteiger partial charge in [-0.3, -0.25) is 4.79 Å². The van der Waals surface area contributed by atoms with Crippen molar-refractivity contribution in [3.63, 3.8) is 0 Å². The predicted molar refractivity (Wildman–Crippen MR) is 77.9 cm³/mol. The zero-order chi connectivity index (χ0) is 14.6. The van der Waals surface area contributed by atoms with Crippen LogP contribution in [-0.4, -0.2) is 36.0 Å². The Morgan fingerprint density at radius 1 is 1.40 bits per heavy atom. The molecular weight excluding hydrogens is 257 g/mol. The van der Waals surface area contributed by atoms with Crippen LogP contribution in [0, 0.1) is 5.82 Å². The van der Waals surface area contributed by atoms with E-state index >= 15 is 0 Å². The summed E-state index contributed by atoms with van der Waals surface area (Å²) in [5.74, 6) is -0.761. The summed E-state index contributed by atoms with van der Waals surface area (Å²) in [6, 6.07) is 6.40. The number of nitrogens with one attached hydrogen (secondary N) is 1. The second-order valence-corrected chi connectivity index (χ2v) is 5.34. The smallest absolute Gasteiger partial charge is 0.243 e. The van der Waals surface area contributed by atoms with Crippen molar-refractivity contribution in [3.05, 3.63) is 30.1 Å². The molecule has 1 aliphatic rings. The van der Waals surface area contributed by atoms with Crippen LogP contribution in [0.15, 0.2) is 24.3 Å². The molecule has 1 unspecified atom stereocenters. The van der Waals surface area contributed by atoms with Crippen molar-refractivity contribution >= 4 is 11.6 Å². The first-order valence-corrected chi connectivity index (χ1v) is 7.12. The largest absolute Gasteiger partial charge is 0.369 e. The average Bonchev–Trinajstić information content (AvgIpc) is 2.65. The Labute approximate surface area is 119 Å². The van der Waals surface area contributed by atoms with Gasteiger partial charge in [0.2, 0.25) is 5.91 Å². The minimum Gasteiger partial charge on any atom is -0.369 e. The second kappa shape index (κ2) is 6.22. The highest BCUT2D eigenvalue weighted by molar-refractivity contribution is 5.88. The van der Waals surface area contributed by atoms with E-state index in [0.717, 1.165) is 26.1 Å². The van der Waals surface area contributed by atoms with Crippen LogP contribution < -0.4 is 11.1 Å². The number of likely N-dealkylation sites (tertiary alicyclic amines) is 1. The molecule has 1 aromatic rings. The van der Waals surface area contributed by atoms with Gasteiger partial charge in [-0.1, -0.05) is 19.1 Å². The van der Waals surface area contributed by atoms with E-state index in [1.54, 1.807) is 18.2 Å². The number of nitrogens with two attached hydrogens (primary N) is 1. The van der Waals surface area contributed by atoms with Gasteiger partial charge >= 0.3 is 0 Å². The zero-order valence-electron chi connectivity index (χ0n) is 11.9. The van der Waals surface area contributed by atoms with Crippen molar-refractivity contribution in [2.24, 2.45) is 5.73 Å². The first-order chi connectivity index (χ1) is 9.57. The van der Waals surface area contributed by atoms with Crippen LogP contribution >= 0.6 is 0 Å². The van der Waals surface area contributed by atoms with Crippen molar-refractivity contribution in [2.75, 3.05) is 25.0 Å². The summed E-state index contributed by atoms with van der Waals surface area (Å²) in [7, 11) is 0. The monoisotopic (exact) mass is 279 g/mol. The minimum absolute atomic E-state index is 0.344. The lowest BCUT2D eigenvalue weighted by Gasteiger charge is -2.32. The van der Waals surface area contributed by atoms with Crippen LogP contribution in [0.5, 0.6) is 0 Å². The molecule has 3 N–H and O–H groups in total. The Hall–Kier alpha value is -1.62. The molecule has 1 amide bonds. The summed E-state index contributed by atoms with van der Waals surface area (Å²) < 4.78 is 13.8. The van der Waals surface area contributed by atoms with Gasteiger partial charge in [0.25, 0.3) is 0 Å². The van der Waals surface area contributed by atoms with Crippen molar-refractivity contribution in [3.8, 4) is 0 Å². The molecule has 0 saturated carbocycles. The number of para-hydroxylation sites is 1. The molecule has 0 radical (unpaired) electrons. The number of nitrogens with zero attached hydrogens (tertiary/aromatic N) is 1. The number of anilines is 1. The standard InChI is InChI=1S/C15H22FN3O/c1-2-19-10-5-8-15(9-11-19,14(17)20)18-13-7-4-3-6-12(13)16/h3-4,6-7,18H,2,5,8-11H2,1H3,(H2,17,20). The molecular formula is C15H22FN3O. The summed E-state index contributed by atoms with van der Waals surface area (Å²) in [5.41, 5.74) is 5.10. The molecule has 0 spiro atoms. The van der Waals surface area contributed by atoms with Crippen LogP contribution in [-0.2, 0) is 4.79 Å². The summed E-state index contributed by atoms with van der Waals surface area (Å²) in [6.07, 6.45) is 2.11. The molecule has 110 valence electrons. The van der Waals surface area contributed by atoms with Gasteiger partial charge in [-0.25, -0.2) is 4.39 Å². The summed E-state index contributed by atoms with van der Waals surface area (Å²) in [6.45, 7) is 4.79. The number of halogens is 1. The van der Waals surface area contributed by atoms with Crippen LogP contribution in [0.25, 0.3) is 0 Å². The van der Waals surface area contributed by atoms with E-state index in [4.69, 9.17) is 5.73 Å². The zero-order valence-corrected chi connectivity index (χ0v) is 11.9. The third-order valence-electron chi connectivity index (χ3n) is 4.10. The van der Waals surface area contributed by atoms with Gasteiger partial charge in [-0.2, -0.15) is 0 Å². The Bertz CT molecular complexity index is 480. The maximum absolute atomic E-state index is 13.8. The molecule has 1 saturated heterocycles. The molecule has 1 atom stereocenters. The fourth-order valence-corrected chi connectivity index (χ4v) is 2.76. The molecule has 5 heteroatoms. The maximum Gasteiger partial charge on any atom is 0.243 e. The lowest BCUT2D eigenvalue weighted by atomic mass is 9.89. The summed E-state index contributed by atoms with van der Waals surface area (Å²) in [5, 5.41) is 3.07. The van der Waals surface area contributed by atoms with Crippen molar-refractivity contribution in [1.29, 1.82) is 0 Å². The van der Waals surface area contributed by atoms with E-state index in [2.05, 4.69) is 17.1 Å². The Morgan fingerprint density at radius 2 is 2.15 bits per heavy atom. The Kier molecular flexibility index (Phi) is 4.60. The molecule has 1 aromatic carbocycles. The fraction of sp³-hybridized carbons (Fsp3) is 0.533. The quantitative estimate of drug-likeness (QED) is 0.886. The lowest BCUT2D eigenvalue weighted by molar-refractivity contribution is -0.122. The van der Waals surface area contributed by atoms with Gasteiger partial charge in [0, 0.05) is 6.54 Å². The molecule has 2 rings (SSSR count). The van der Waals surface area contributed by atoms with Crippen LogP contribution in [0.2, 0.25) is 0 Å². The number of amides is 1. The van der Waals surface area contributed by atoms with Crippen LogP contribution in [0.1, 0.15) is 26.2 Å². The maximum atomic E-state index is 13.8. The predicted octanol–water partition coefficient (Wildman–Crippen LogP) is 1.97. The van der Waals surface area contributed by atoms with Gasteiger partial charge in [-0.15, -0.1) is 0 Å². The highest BCUT2D eigenvalue weighted by Crippen LogP contribution is 2.28. The molecule has 20 heavy (non-hydrogen) atoms. The summed E-state index contributed by atoms with van der Waals surface area (Å²) >= 11 is 0. The third-order valence-corrected chi connectivity index (χ3v) is 4.10. The van der Waals surface area contributed by atoms with Gasteiger partial charge in [0.05, 0.1) is 5.69 Å². The highest BCUT2D eigenvalue weighted by atomic mass is 19.1. The van der Waals surface area contributed by atoms with Crippen molar-refractivity contribution in [2.45, 2.75) is 31.7 Å². The van der Waals surface area contributed by atoms with E-state index in [1.165, 1.54) is 6.07 Å². The summed E-state index contributed by atoms with van der Waals surface area (Å²) in [4.78, 5) is 14.2. The van der Waals surface area contributed by atoms with E-state index in [1.807, 2.05) is 0 Å². The second-order valence-electron chi connectivity index (χ2n) is 5.34. The first-order valence-electron chi connectivity index (χ1n) is 7.12. The lowest BCUT2D eigenvalue weighted by Crippen LogP contribution is -2.51. The number of hydrogen-bond acceptors (Lipinski definition) is 3. The number of primary amides is 1. The topological polar surface area (TPSA) is 58.4 Å². The molecule has 4 nitrogen and oxygen atoms in total. The molecule has 1 fully saturated rings. The third kappa shape index (κ3) is 3.10. The van der Waals surface area contributed by atoms with E-state index in [0.29, 0.717) is 18.5 Å². The molecule has 1 heterocycles. The Morgan fingerprint density at radius 3 is 2.80 bits per heavy atom. The molecule has 1 aliphatic heterocycles. The molecule has 0 bridgehead atoms. The van der Waals surface area contributed by atoms with Gasteiger partial charge in [0.1, 0.15) is 11.4 Å². The van der Waals surface area contributed by atoms with E-state index in [-0.39, 0.29) is 5.82 Å². The minimum atomic E-state index is -0.855. The highest BCUT2D eigenvalue weighted by Gasteiger charge is 2.38. The SMILES string of the molecule is CCN1CCCC(Nc2ccccc2F)(C(N)=O)CC1. The Balaban J connectivity index is 2.22. The first kappa shape index (κ1) is 14.8. The van der Waals surface area contributed by atoms with E-state index < -0.39 is 11.4 Å². The van der Waals surface area contributed by atoms with Crippen molar-refractivity contribution < 1.29 is 9.18 Å². The van der Waals surface area contributed by atoms with Gasteiger partial charge in [-0.05, 0) is 44.5 Å². The van der Waals surface area contributed by atoms with Crippen LogP contribution in [0.4, 0.5) is 10.1 Å². The van der Waals surface area contributed by atoms with E-state index in [9.17, 15) is 9.18 Å². The number of carbonyl (C=O) groups is 1. The number of rotatable bonds is 4. The van der Waals surface area contributed by atoms with Gasteiger partial charge in [0.15, 0.2) is 0 Å².